The molecule has 1 nitrogen and oxygen atoms in total. The molecule has 0 aromatic rings. The highest BCUT2D eigenvalue weighted by molar-refractivity contribution is 4.63. The molecule has 1 radical (unpaired) electrons. The molecule has 0 N–H and O–H groups in total. The summed E-state index contributed by atoms with van der Waals surface area (Å²) in [5.74, 6) is 1.22. The van der Waals surface area contributed by atoms with Crippen molar-refractivity contribution in [2.75, 3.05) is 6.61 Å². The lowest BCUT2D eigenvalue weighted by atomic mass is 10.1. The molecule has 1 heteroatoms. The van der Waals surface area contributed by atoms with Gasteiger partial charge in [0.05, 0.1) is 6.10 Å². The van der Waals surface area contributed by atoms with Crippen LogP contribution < -0.4 is 0 Å². The lowest BCUT2D eigenvalue weighted by Gasteiger charge is -2.20. The number of rotatable bonds is 5. The van der Waals surface area contributed by atoms with E-state index in [1.165, 1.54) is 0 Å². The minimum Gasteiger partial charge on any atom is -0.378 e. The van der Waals surface area contributed by atoms with Crippen molar-refractivity contribution in [3.63, 3.8) is 0 Å². The molecule has 1 unspecified atom stereocenters. The maximum atomic E-state index is 5.65. The molecule has 11 heavy (non-hydrogen) atoms. The summed E-state index contributed by atoms with van der Waals surface area (Å²) in [4.78, 5) is 0. The van der Waals surface area contributed by atoms with Crippen LogP contribution in [0.1, 0.15) is 34.1 Å². The highest BCUT2D eigenvalue weighted by Crippen LogP contribution is 2.11. The summed E-state index contributed by atoms with van der Waals surface area (Å²) in [6.45, 7) is 13.4. The van der Waals surface area contributed by atoms with E-state index in [2.05, 4.69) is 34.6 Å². The van der Waals surface area contributed by atoms with Crippen molar-refractivity contribution in [1.29, 1.82) is 0 Å². The van der Waals surface area contributed by atoms with Gasteiger partial charge in [0.1, 0.15) is 0 Å². The summed E-state index contributed by atoms with van der Waals surface area (Å²) in [5, 5.41) is 0. The van der Waals surface area contributed by atoms with Crippen LogP contribution in [0.15, 0.2) is 0 Å². The Labute approximate surface area is 71.1 Å². The first-order valence-electron chi connectivity index (χ1n) is 4.48. The van der Waals surface area contributed by atoms with Gasteiger partial charge in [-0.15, -0.1) is 0 Å². The van der Waals surface area contributed by atoms with E-state index in [0.717, 1.165) is 13.0 Å². The highest BCUT2D eigenvalue weighted by atomic mass is 16.5. The van der Waals surface area contributed by atoms with Crippen LogP contribution >= 0.6 is 0 Å². The van der Waals surface area contributed by atoms with E-state index < -0.39 is 0 Å². The van der Waals surface area contributed by atoms with Crippen molar-refractivity contribution >= 4 is 0 Å². The zero-order valence-electron chi connectivity index (χ0n) is 8.26. The third kappa shape index (κ3) is 5.25. The van der Waals surface area contributed by atoms with Crippen LogP contribution in [0.25, 0.3) is 0 Å². The van der Waals surface area contributed by atoms with Gasteiger partial charge in [-0.3, -0.25) is 0 Å². The quantitative estimate of drug-likeness (QED) is 0.596. The topological polar surface area (TPSA) is 9.23 Å². The third-order valence-electron chi connectivity index (χ3n) is 1.67. The van der Waals surface area contributed by atoms with Crippen molar-refractivity contribution in [2.24, 2.45) is 11.8 Å². The molecule has 67 valence electrons. The summed E-state index contributed by atoms with van der Waals surface area (Å²) in [5.41, 5.74) is 0. The standard InChI is InChI=1S/C10H21O/c1-6-10(9(4)5)11-7-8(2)3/h8-10H,1,6-7H2,2-5H3. The fraction of sp³-hybridized carbons (Fsp3) is 0.900. The Morgan fingerprint density at radius 2 is 1.73 bits per heavy atom. The summed E-state index contributed by atoms with van der Waals surface area (Å²) >= 11 is 0. The average Bonchev–Trinajstić information content (AvgIpc) is 1.87. The second kappa shape index (κ2) is 5.59. The van der Waals surface area contributed by atoms with Crippen LogP contribution in [0.2, 0.25) is 0 Å². The molecule has 0 fully saturated rings. The Hall–Kier alpha value is -0.0400. The SMILES string of the molecule is [CH2]CC(OCC(C)C)C(C)C. The van der Waals surface area contributed by atoms with Crippen LogP contribution in [0, 0.1) is 18.8 Å². The first-order chi connectivity index (χ1) is 5.07. The van der Waals surface area contributed by atoms with E-state index >= 15 is 0 Å². The molecule has 0 aliphatic rings. The molecule has 0 aliphatic carbocycles. The first kappa shape index (κ1) is 11.0. The molecule has 0 spiro atoms. The van der Waals surface area contributed by atoms with E-state index in [1.807, 2.05) is 0 Å². The van der Waals surface area contributed by atoms with Gasteiger partial charge in [-0.2, -0.15) is 0 Å². The van der Waals surface area contributed by atoms with E-state index in [4.69, 9.17) is 4.74 Å². The zero-order valence-corrected chi connectivity index (χ0v) is 8.26. The monoisotopic (exact) mass is 157 g/mol. The lowest BCUT2D eigenvalue weighted by molar-refractivity contribution is 0.00941. The van der Waals surface area contributed by atoms with Gasteiger partial charge >= 0.3 is 0 Å². The Morgan fingerprint density at radius 3 is 2.00 bits per heavy atom. The second-order valence-electron chi connectivity index (χ2n) is 3.80. The van der Waals surface area contributed by atoms with Gasteiger partial charge in [0.2, 0.25) is 0 Å². The van der Waals surface area contributed by atoms with Gasteiger partial charge < -0.3 is 4.74 Å². The molecular formula is C10H21O. The molecule has 0 aliphatic heterocycles. The summed E-state index contributed by atoms with van der Waals surface area (Å²) in [7, 11) is 0. The van der Waals surface area contributed by atoms with Crippen LogP contribution in [-0.2, 0) is 4.74 Å². The van der Waals surface area contributed by atoms with Crippen molar-refractivity contribution in [2.45, 2.75) is 40.2 Å². The van der Waals surface area contributed by atoms with Crippen molar-refractivity contribution in [3.05, 3.63) is 6.92 Å². The predicted molar refractivity (Wildman–Crippen MR) is 49.4 cm³/mol. The smallest absolute Gasteiger partial charge is 0.0598 e. The Bertz CT molecular complexity index is 86.9. The summed E-state index contributed by atoms with van der Waals surface area (Å²) in [6.07, 6.45) is 1.22. The summed E-state index contributed by atoms with van der Waals surface area (Å²) < 4.78 is 5.65. The third-order valence-corrected chi connectivity index (χ3v) is 1.67. The first-order valence-corrected chi connectivity index (χ1v) is 4.48. The molecule has 0 saturated heterocycles. The van der Waals surface area contributed by atoms with Crippen LogP contribution in [-0.4, -0.2) is 12.7 Å². The van der Waals surface area contributed by atoms with Crippen LogP contribution in [0.3, 0.4) is 0 Å². The van der Waals surface area contributed by atoms with Crippen molar-refractivity contribution in [3.8, 4) is 0 Å². The van der Waals surface area contributed by atoms with E-state index in [-0.39, 0.29) is 0 Å². The Kier molecular flexibility index (Phi) is 5.57. The van der Waals surface area contributed by atoms with Gasteiger partial charge in [0.15, 0.2) is 0 Å². The van der Waals surface area contributed by atoms with Crippen molar-refractivity contribution in [1.82, 2.24) is 0 Å². The minimum atomic E-state index is 0.345. The van der Waals surface area contributed by atoms with Crippen LogP contribution in [0.4, 0.5) is 0 Å². The molecule has 0 aromatic heterocycles. The lowest BCUT2D eigenvalue weighted by Crippen LogP contribution is -2.21. The molecule has 1 atom stereocenters. The zero-order chi connectivity index (χ0) is 8.85. The van der Waals surface area contributed by atoms with Gasteiger partial charge in [-0.25, -0.2) is 0 Å². The van der Waals surface area contributed by atoms with E-state index in [1.54, 1.807) is 0 Å². The fourth-order valence-electron chi connectivity index (χ4n) is 0.925. The maximum Gasteiger partial charge on any atom is 0.0598 e. The largest absolute Gasteiger partial charge is 0.378 e. The van der Waals surface area contributed by atoms with E-state index in [0.29, 0.717) is 17.9 Å². The van der Waals surface area contributed by atoms with Gasteiger partial charge in [-0.05, 0) is 18.3 Å². The van der Waals surface area contributed by atoms with E-state index in [9.17, 15) is 0 Å². The van der Waals surface area contributed by atoms with Gasteiger partial charge in [0.25, 0.3) is 0 Å². The number of ether oxygens (including phenoxy) is 1. The molecule has 0 aromatic carbocycles. The number of hydrogen-bond donors (Lipinski definition) is 0. The summed E-state index contributed by atoms with van der Waals surface area (Å²) in [6, 6.07) is 0. The Morgan fingerprint density at radius 1 is 1.18 bits per heavy atom. The predicted octanol–water partition coefficient (Wildman–Crippen LogP) is 2.91. The molecule has 0 saturated carbocycles. The Balaban J connectivity index is 3.52. The van der Waals surface area contributed by atoms with Gasteiger partial charge in [-0.1, -0.05) is 34.6 Å². The molecule has 0 bridgehead atoms. The second-order valence-corrected chi connectivity index (χ2v) is 3.80. The maximum absolute atomic E-state index is 5.65. The molecule has 0 rings (SSSR count). The van der Waals surface area contributed by atoms with Crippen LogP contribution in [0.5, 0.6) is 0 Å². The minimum absolute atomic E-state index is 0.345. The van der Waals surface area contributed by atoms with Crippen molar-refractivity contribution < 1.29 is 4.74 Å². The van der Waals surface area contributed by atoms with Gasteiger partial charge in [0, 0.05) is 6.61 Å². The average molecular weight is 157 g/mol. The fourth-order valence-corrected chi connectivity index (χ4v) is 0.925. The molecular weight excluding hydrogens is 136 g/mol. The molecule has 0 heterocycles. The highest BCUT2D eigenvalue weighted by Gasteiger charge is 2.11. The normalized spacial score (nSPS) is 14.5. The number of hydrogen-bond acceptors (Lipinski definition) is 1. The molecule has 0 amide bonds.